The molecule has 4 heteroatoms. The summed E-state index contributed by atoms with van der Waals surface area (Å²) in [5.74, 6) is 2.60. The van der Waals surface area contributed by atoms with Gasteiger partial charge in [0.25, 0.3) is 0 Å². The normalized spacial score (nSPS) is 12.7. The predicted octanol–water partition coefficient (Wildman–Crippen LogP) is 3.24. The summed E-state index contributed by atoms with van der Waals surface area (Å²) in [6.07, 6.45) is 7.50. The van der Waals surface area contributed by atoms with Crippen LogP contribution in [-0.2, 0) is 11.2 Å². The van der Waals surface area contributed by atoms with Gasteiger partial charge in [0.1, 0.15) is 5.60 Å². The fourth-order valence-corrected chi connectivity index (χ4v) is 2.12. The lowest BCUT2D eigenvalue weighted by molar-refractivity contribution is 0.0516. The number of ether oxygens (including phenoxy) is 1. The van der Waals surface area contributed by atoms with E-state index >= 15 is 0 Å². The Morgan fingerprint density at radius 3 is 2.81 bits per heavy atom. The molecule has 1 amide bonds. The third-order valence-corrected chi connectivity index (χ3v) is 2.99. The number of benzene rings is 1. The number of aromatic amines is 1. The van der Waals surface area contributed by atoms with E-state index in [1.165, 1.54) is 0 Å². The molecular weight excluding hydrogens is 264 g/mol. The molecular formula is C17H20N2O2. The van der Waals surface area contributed by atoms with Crippen molar-refractivity contribution in [1.82, 2.24) is 10.3 Å². The van der Waals surface area contributed by atoms with E-state index < -0.39 is 17.7 Å². The molecule has 21 heavy (non-hydrogen) atoms. The predicted molar refractivity (Wildman–Crippen MR) is 84.0 cm³/mol. The third-order valence-electron chi connectivity index (χ3n) is 2.99. The summed E-state index contributed by atoms with van der Waals surface area (Å²) in [4.78, 5) is 15.0. The first-order valence-electron chi connectivity index (χ1n) is 6.89. The van der Waals surface area contributed by atoms with Crippen molar-refractivity contribution < 1.29 is 9.53 Å². The number of hydrogen-bond acceptors (Lipinski definition) is 2. The molecule has 0 aliphatic carbocycles. The van der Waals surface area contributed by atoms with Crippen LogP contribution in [0.25, 0.3) is 10.9 Å². The Balaban J connectivity index is 2.06. The van der Waals surface area contributed by atoms with Crippen LogP contribution in [0.1, 0.15) is 26.3 Å². The highest BCUT2D eigenvalue weighted by atomic mass is 16.6. The lowest BCUT2D eigenvalue weighted by Crippen LogP contribution is -2.39. The van der Waals surface area contributed by atoms with Crippen molar-refractivity contribution >= 4 is 17.0 Å². The molecule has 0 unspecified atom stereocenters. The molecule has 0 bridgehead atoms. The fourth-order valence-electron chi connectivity index (χ4n) is 2.12. The Morgan fingerprint density at radius 2 is 2.14 bits per heavy atom. The smallest absolute Gasteiger partial charge is 0.408 e. The molecule has 2 N–H and O–H groups in total. The van der Waals surface area contributed by atoms with E-state index in [1.54, 1.807) is 0 Å². The van der Waals surface area contributed by atoms with Gasteiger partial charge < -0.3 is 15.0 Å². The van der Waals surface area contributed by atoms with Crippen LogP contribution in [0.3, 0.4) is 0 Å². The van der Waals surface area contributed by atoms with Crippen molar-refractivity contribution in [3.63, 3.8) is 0 Å². The van der Waals surface area contributed by atoms with E-state index in [2.05, 4.69) is 16.2 Å². The van der Waals surface area contributed by atoms with Gasteiger partial charge in [0.05, 0.1) is 6.04 Å². The van der Waals surface area contributed by atoms with Gasteiger partial charge in [0, 0.05) is 23.5 Å². The summed E-state index contributed by atoms with van der Waals surface area (Å²) in [5, 5.41) is 3.83. The number of alkyl carbamates (subject to hydrolysis) is 1. The average molecular weight is 284 g/mol. The Bertz CT molecular complexity index is 674. The number of nitrogens with one attached hydrogen (secondary N) is 2. The first kappa shape index (κ1) is 15.0. The van der Waals surface area contributed by atoms with Gasteiger partial charge in [0.2, 0.25) is 0 Å². The highest BCUT2D eigenvalue weighted by Crippen LogP contribution is 2.19. The molecule has 4 nitrogen and oxygen atoms in total. The molecule has 1 aromatic carbocycles. The summed E-state index contributed by atoms with van der Waals surface area (Å²) in [6, 6.07) is 7.58. The Labute approximate surface area is 124 Å². The van der Waals surface area contributed by atoms with Crippen molar-refractivity contribution in [2.24, 2.45) is 0 Å². The van der Waals surface area contributed by atoms with Crippen LogP contribution >= 0.6 is 0 Å². The number of rotatable bonds is 3. The number of carbonyl (C=O) groups excluding carboxylic acids is 1. The number of terminal acetylenes is 1. The lowest BCUT2D eigenvalue weighted by atomic mass is 10.1. The van der Waals surface area contributed by atoms with E-state index in [0.717, 1.165) is 16.5 Å². The number of aromatic nitrogens is 1. The number of fused-ring (bicyclic) bond motifs is 1. The highest BCUT2D eigenvalue weighted by molar-refractivity contribution is 5.83. The van der Waals surface area contributed by atoms with Crippen molar-refractivity contribution in [2.75, 3.05) is 0 Å². The lowest BCUT2D eigenvalue weighted by Gasteiger charge is -2.21. The zero-order chi connectivity index (χ0) is 15.5. The molecule has 0 aliphatic rings. The van der Waals surface area contributed by atoms with Crippen molar-refractivity contribution in [1.29, 1.82) is 0 Å². The van der Waals surface area contributed by atoms with Crippen LogP contribution in [0.15, 0.2) is 30.5 Å². The van der Waals surface area contributed by atoms with Gasteiger partial charge in [-0.3, -0.25) is 0 Å². The van der Waals surface area contributed by atoms with Crippen LogP contribution in [0, 0.1) is 12.3 Å². The van der Waals surface area contributed by atoms with Gasteiger partial charge in [-0.25, -0.2) is 4.79 Å². The van der Waals surface area contributed by atoms with Gasteiger partial charge >= 0.3 is 6.09 Å². The molecule has 2 aromatic rings. The molecule has 1 aromatic heterocycles. The maximum Gasteiger partial charge on any atom is 0.408 e. The molecule has 0 aliphatic heterocycles. The van der Waals surface area contributed by atoms with E-state index in [9.17, 15) is 4.79 Å². The van der Waals surface area contributed by atoms with Crippen LogP contribution in [0.2, 0.25) is 0 Å². The van der Waals surface area contributed by atoms with Gasteiger partial charge in [-0.05, 0) is 32.4 Å². The van der Waals surface area contributed by atoms with Crippen LogP contribution in [0.5, 0.6) is 0 Å². The first-order chi connectivity index (χ1) is 9.89. The second-order valence-electron chi connectivity index (χ2n) is 5.93. The first-order valence-corrected chi connectivity index (χ1v) is 6.89. The van der Waals surface area contributed by atoms with E-state index in [-0.39, 0.29) is 0 Å². The summed E-state index contributed by atoms with van der Waals surface area (Å²) in [6.45, 7) is 5.45. The number of carbonyl (C=O) groups is 1. The fraction of sp³-hybridized carbons (Fsp3) is 0.353. The van der Waals surface area contributed by atoms with Crippen LogP contribution < -0.4 is 5.32 Å². The van der Waals surface area contributed by atoms with E-state index in [4.69, 9.17) is 11.2 Å². The number of hydrogen-bond donors (Lipinski definition) is 2. The number of H-pyrrole nitrogens is 1. The summed E-state index contributed by atoms with van der Waals surface area (Å²) in [5.41, 5.74) is 1.59. The Hall–Kier alpha value is -2.41. The zero-order valence-corrected chi connectivity index (χ0v) is 12.6. The molecule has 1 atom stereocenters. The topological polar surface area (TPSA) is 54.1 Å². The average Bonchev–Trinajstić information content (AvgIpc) is 2.79. The number of amides is 1. The van der Waals surface area contributed by atoms with Crippen LogP contribution in [0.4, 0.5) is 4.79 Å². The van der Waals surface area contributed by atoms with Gasteiger partial charge in [-0.15, -0.1) is 6.42 Å². The minimum atomic E-state index is -0.538. The quantitative estimate of drug-likeness (QED) is 0.850. The maximum absolute atomic E-state index is 11.8. The molecule has 110 valence electrons. The molecule has 0 saturated heterocycles. The summed E-state index contributed by atoms with van der Waals surface area (Å²) < 4.78 is 5.22. The SMILES string of the molecule is C#C[C@H](Cc1c[nH]c2ccccc12)NC(=O)OC(C)(C)C. The van der Waals surface area contributed by atoms with E-state index in [0.29, 0.717) is 6.42 Å². The minimum absolute atomic E-state index is 0.404. The van der Waals surface area contributed by atoms with Crippen molar-refractivity contribution in [2.45, 2.75) is 38.8 Å². The minimum Gasteiger partial charge on any atom is -0.444 e. The molecule has 1 heterocycles. The van der Waals surface area contributed by atoms with Gasteiger partial charge in [0.15, 0.2) is 0 Å². The number of para-hydroxylation sites is 1. The van der Waals surface area contributed by atoms with Crippen LogP contribution in [-0.4, -0.2) is 22.7 Å². The van der Waals surface area contributed by atoms with Crippen molar-refractivity contribution in [3.05, 3.63) is 36.0 Å². The molecule has 0 radical (unpaired) electrons. The van der Waals surface area contributed by atoms with Gasteiger partial charge in [-0.1, -0.05) is 24.1 Å². The van der Waals surface area contributed by atoms with E-state index in [1.807, 2.05) is 51.2 Å². The maximum atomic E-state index is 11.8. The largest absolute Gasteiger partial charge is 0.444 e. The Kier molecular flexibility index (Phi) is 4.23. The van der Waals surface area contributed by atoms with Gasteiger partial charge in [-0.2, -0.15) is 0 Å². The monoisotopic (exact) mass is 284 g/mol. The standard InChI is InChI=1S/C17H20N2O2/c1-5-13(19-16(20)21-17(2,3)4)10-12-11-18-15-9-7-6-8-14(12)15/h1,6-9,11,13,18H,10H2,2-4H3,(H,19,20)/t13-/m1/s1. The third kappa shape index (κ3) is 4.03. The summed E-state index contributed by atoms with van der Waals surface area (Å²) >= 11 is 0. The highest BCUT2D eigenvalue weighted by Gasteiger charge is 2.19. The zero-order valence-electron chi connectivity index (χ0n) is 12.6. The molecule has 0 saturated carbocycles. The Morgan fingerprint density at radius 1 is 1.43 bits per heavy atom. The summed E-state index contributed by atoms with van der Waals surface area (Å²) in [7, 11) is 0. The molecule has 2 rings (SSSR count). The molecule has 0 fully saturated rings. The second kappa shape index (κ2) is 5.92. The molecule has 0 spiro atoms. The van der Waals surface area contributed by atoms with Crippen molar-refractivity contribution in [3.8, 4) is 12.3 Å². The second-order valence-corrected chi connectivity index (χ2v) is 5.93.